The number of benzene rings is 3. The van der Waals surface area contributed by atoms with Crippen LogP contribution in [0, 0.1) is 5.92 Å². The Balaban J connectivity index is 1.88. The molecule has 0 amide bonds. The topological polar surface area (TPSA) is 0 Å². The summed E-state index contributed by atoms with van der Waals surface area (Å²) in [4.78, 5) is 0. The van der Waals surface area contributed by atoms with Crippen LogP contribution in [-0.2, 0) is 0 Å². The lowest BCUT2D eigenvalue weighted by molar-refractivity contribution is 0.695. The van der Waals surface area contributed by atoms with Gasteiger partial charge in [-0.2, -0.15) is 0 Å². The Kier molecular flexibility index (Phi) is 7.18. The first-order valence-corrected chi connectivity index (χ1v) is 16.0. The average molecular weight is 483 g/mol. The quantitative estimate of drug-likeness (QED) is 0.204. The first kappa shape index (κ1) is 24.9. The largest absolute Gasteiger partial charge is 0.179 e. The van der Waals surface area contributed by atoms with Crippen LogP contribution in [0.15, 0.2) is 114 Å². The first-order chi connectivity index (χ1) is 16.1. The molecule has 0 radical (unpaired) electrons. The molecule has 2 heteroatoms. The van der Waals surface area contributed by atoms with E-state index in [2.05, 4.69) is 151 Å². The second-order valence-electron chi connectivity index (χ2n) is 11.4. The summed E-state index contributed by atoms with van der Waals surface area (Å²) < 4.78 is 0. The Labute approximate surface area is 209 Å². The van der Waals surface area contributed by atoms with E-state index < -0.39 is 8.07 Å². The van der Waals surface area contributed by atoms with E-state index in [1.54, 1.807) is 0 Å². The van der Waals surface area contributed by atoms with Crippen LogP contribution in [0.1, 0.15) is 41.5 Å². The van der Waals surface area contributed by atoms with E-state index in [4.69, 9.17) is 0 Å². The molecule has 0 saturated heterocycles. The fourth-order valence-electron chi connectivity index (χ4n) is 5.76. The van der Waals surface area contributed by atoms with Gasteiger partial charge in [-0.25, -0.2) is 0 Å². The van der Waals surface area contributed by atoms with Crippen LogP contribution < -0.4 is 15.6 Å². The standard InChI is InChI=1S/C32H39PSi/c1-31(2,3)33(32(4,5)6)25-26-22-23-30(24-26)34(27-16-10-7-11-17-27,28-18-12-8-13-19-28)29-20-14-9-15-21-29/h7-24,26H,25H2,1-6H3. The van der Waals surface area contributed by atoms with Crippen molar-refractivity contribution in [3.05, 3.63) is 114 Å². The summed E-state index contributed by atoms with van der Waals surface area (Å²) in [5, 5.41) is 6.57. The van der Waals surface area contributed by atoms with E-state index in [1.165, 1.54) is 26.9 Å². The Hall–Kier alpha value is -2.21. The number of hydrogen-bond donors (Lipinski definition) is 0. The minimum absolute atomic E-state index is 0.152. The van der Waals surface area contributed by atoms with Crippen molar-refractivity contribution in [3.63, 3.8) is 0 Å². The third-order valence-corrected chi connectivity index (χ3v) is 15.8. The normalized spacial score (nSPS) is 16.7. The number of rotatable bonds is 6. The Morgan fingerprint density at radius 2 is 1.00 bits per heavy atom. The average Bonchev–Trinajstić information content (AvgIpc) is 3.28. The molecule has 0 aliphatic heterocycles. The fraction of sp³-hybridized carbons (Fsp3) is 0.312. The van der Waals surface area contributed by atoms with Gasteiger partial charge in [0.15, 0.2) is 8.07 Å². The molecule has 0 fully saturated rings. The molecule has 176 valence electrons. The maximum atomic E-state index is 2.63. The van der Waals surface area contributed by atoms with E-state index in [0.717, 1.165) is 0 Å². The van der Waals surface area contributed by atoms with Gasteiger partial charge in [-0.05, 0) is 43.1 Å². The van der Waals surface area contributed by atoms with Crippen LogP contribution in [0.4, 0.5) is 0 Å². The van der Waals surface area contributed by atoms with Crippen molar-refractivity contribution in [1.82, 2.24) is 0 Å². The van der Waals surface area contributed by atoms with Gasteiger partial charge in [0.05, 0.1) is 0 Å². The maximum Gasteiger partial charge on any atom is 0.179 e. The van der Waals surface area contributed by atoms with Crippen LogP contribution >= 0.6 is 7.92 Å². The monoisotopic (exact) mass is 482 g/mol. The fourth-order valence-corrected chi connectivity index (χ4v) is 14.4. The second-order valence-corrected chi connectivity index (χ2v) is 19.2. The van der Waals surface area contributed by atoms with Crippen molar-refractivity contribution in [1.29, 1.82) is 0 Å². The molecule has 0 spiro atoms. The highest BCUT2D eigenvalue weighted by molar-refractivity contribution is 7.60. The zero-order valence-electron chi connectivity index (χ0n) is 21.6. The predicted molar refractivity (Wildman–Crippen MR) is 156 cm³/mol. The van der Waals surface area contributed by atoms with Crippen molar-refractivity contribution >= 4 is 31.6 Å². The molecule has 0 aromatic heterocycles. The summed E-state index contributed by atoms with van der Waals surface area (Å²) in [6.45, 7) is 14.6. The SMILES string of the molecule is CC(C)(C)P(CC1C=CC([Si](c2ccccc2)(c2ccccc2)c2ccccc2)=C1)C(C)(C)C. The van der Waals surface area contributed by atoms with E-state index in [0.29, 0.717) is 16.2 Å². The molecule has 0 heterocycles. The Morgan fingerprint density at radius 3 is 1.35 bits per heavy atom. The number of hydrogen-bond acceptors (Lipinski definition) is 0. The summed E-state index contributed by atoms with van der Waals surface area (Å²) in [6.07, 6.45) is 8.86. The zero-order chi connectivity index (χ0) is 24.4. The van der Waals surface area contributed by atoms with Gasteiger partial charge in [0.1, 0.15) is 0 Å². The van der Waals surface area contributed by atoms with Crippen molar-refractivity contribution in [2.75, 3.05) is 6.16 Å². The lowest BCUT2D eigenvalue weighted by Gasteiger charge is -2.42. The van der Waals surface area contributed by atoms with Crippen molar-refractivity contribution in [2.24, 2.45) is 5.92 Å². The first-order valence-electron chi connectivity index (χ1n) is 12.5. The molecule has 1 aliphatic carbocycles. The molecular formula is C32H39PSi. The smallest absolute Gasteiger partial charge is 0.0947 e. The molecule has 0 N–H and O–H groups in total. The molecule has 34 heavy (non-hydrogen) atoms. The molecule has 4 rings (SSSR count). The van der Waals surface area contributed by atoms with E-state index in [1.807, 2.05) is 0 Å². The molecular weight excluding hydrogens is 443 g/mol. The lowest BCUT2D eigenvalue weighted by Crippen LogP contribution is -2.68. The van der Waals surface area contributed by atoms with Crippen LogP contribution in [0.3, 0.4) is 0 Å². The molecule has 3 aromatic rings. The van der Waals surface area contributed by atoms with Gasteiger partial charge in [0.25, 0.3) is 0 Å². The van der Waals surface area contributed by atoms with E-state index >= 15 is 0 Å². The van der Waals surface area contributed by atoms with E-state index in [9.17, 15) is 0 Å². The third kappa shape index (κ3) is 4.93. The van der Waals surface area contributed by atoms with Gasteiger partial charge in [-0.1, -0.05) is 159 Å². The van der Waals surface area contributed by atoms with Gasteiger partial charge in [0, 0.05) is 0 Å². The van der Waals surface area contributed by atoms with Crippen LogP contribution in [0.25, 0.3) is 0 Å². The molecule has 0 bridgehead atoms. The molecule has 0 nitrogen and oxygen atoms in total. The van der Waals surface area contributed by atoms with Gasteiger partial charge in [-0.15, -0.1) is 0 Å². The minimum Gasteiger partial charge on any atom is -0.0947 e. The van der Waals surface area contributed by atoms with Gasteiger partial charge in [0.2, 0.25) is 0 Å². The predicted octanol–water partition coefficient (Wildman–Crippen LogP) is 6.89. The molecule has 0 saturated carbocycles. The minimum atomic E-state index is -2.39. The molecule has 1 atom stereocenters. The lowest BCUT2D eigenvalue weighted by atomic mass is 10.2. The maximum absolute atomic E-state index is 2.63. The second kappa shape index (κ2) is 9.80. The third-order valence-electron chi connectivity index (χ3n) is 6.98. The molecule has 1 aliphatic rings. The van der Waals surface area contributed by atoms with Crippen LogP contribution in [-0.4, -0.2) is 24.5 Å². The summed E-state index contributed by atoms with van der Waals surface area (Å²) in [5.41, 5.74) is 0. The summed E-state index contributed by atoms with van der Waals surface area (Å²) >= 11 is 0. The van der Waals surface area contributed by atoms with E-state index in [-0.39, 0.29) is 7.92 Å². The van der Waals surface area contributed by atoms with Crippen molar-refractivity contribution < 1.29 is 0 Å². The highest BCUT2D eigenvalue weighted by Crippen LogP contribution is 2.60. The van der Waals surface area contributed by atoms with Gasteiger partial charge >= 0.3 is 0 Å². The van der Waals surface area contributed by atoms with Crippen molar-refractivity contribution in [3.8, 4) is 0 Å². The van der Waals surface area contributed by atoms with Gasteiger partial charge < -0.3 is 0 Å². The highest BCUT2D eigenvalue weighted by atomic mass is 31.1. The molecule has 1 unspecified atom stereocenters. The Morgan fingerprint density at radius 1 is 0.618 bits per heavy atom. The van der Waals surface area contributed by atoms with Gasteiger partial charge in [-0.3, -0.25) is 0 Å². The highest BCUT2D eigenvalue weighted by Gasteiger charge is 2.44. The Bertz CT molecular complexity index is 1020. The summed E-state index contributed by atoms with van der Waals surface area (Å²) in [6, 6.07) is 33.8. The summed E-state index contributed by atoms with van der Waals surface area (Å²) in [7, 11) is -2.55. The zero-order valence-corrected chi connectivity index (χ0v) is 23.5. The van der Waals surface area contributed by atoms with Crippen LogP contribution in [0.5, 0.6) is 0 Å². The van der Waals surface area contributed by atoms with Crippen LogP contribution in [0.2, 0.25) is 0 Å². The van der Waals surface area contributed by atoms with Crippen molar-refractivity contribution in [2.45, 2.75) is 51.9 Å². The number of allylic oxidation sites excluding steroid dienone is 4. The molecule has 3 aromatic carbocycles. The summed E-state index contributed by atoms with van der Waals surface area (Å²) in [5.74, 6) is 0.502.